The zero-order valence-electron chi connectivity index (χ0n) is 17.2. The first-order valence-corrected chi connectivity index (χ1v) is 9.79. The summed E-state index contributed by atoms with van der Waals surface area (Å²) in [6.45, 7) is 3.01. The molecule has 0 radical (unpaired) electrons. The number of anilines is 1. The molecule has 1 saturated heterocycles. The zero-order chi connectivity index (χ0) is 21.5. The van der Waals surface area contributed by atoms with E-state index in [1.165, 1.54) is 12.1 Å². The van der Waals surface area contributed by atoms with Gasteiger partial charge >= 0.3 is 0 Å². The molecule has 0 spiro atoms. The SMILES string of the molecule is COc1cc(OC)cc(C(=O)N2CCN(CCC(=O)Nc3ccccc3F)CC2)c1. The molecule has 2 amide bonds. The molecule has 0 aromatic heterocycles. The summed E-state index contributed by atoms with van der Waals surface area (Å²) in [5, 5.41) is 2.59. The molecular formula is C22H26FN3O4. The van der Waals surface area contributed by atoms with Gasteiger partial charge in [0.15, 0.2) is 0 Å². The third-order valence-electron chi connectivity index (χ3n) is 5.06. The molecule has 1 N–H and O–H groups in total. The average Bonchev–Trinajstić information content (AvgIpc) is 2.78. The van der Waals surface area contributed by atoms with Gasteiger partial charge < -0.3 is 19.7 Å². The number of amides is 2. The minimum atomic E-state index is -0.452. The van der Waals surface area contributed by atoms with E-state index in [9.17, 15) is 14.0 Å². The second kappa shape index (κ2) is 10.1. The molecule has 8 heteroatoms. The summed E-state index contributed by atoms with van der Waals surface area (Å²) in [5.74, 6) is 0.368. The van der Waals surface area contributed by atoms with Crippen LogP contribution in [0.25, 0.3) is 0 Å². The largest absolute Gasteiger partial charge is 0.497 e. The molecular weight excluding hydrogens is 389 g/mol. The summed E-state index contributed by atoms with van der Waals surface area (Å²) in [5.41, 5.74) is 0.704. The highest BCUT2D eigenvalue weighted by atomic mass is 19.1. The molecule has 1 fully saturated rings. The molecule has 0 aliphatic carbocycles. The van der Waals surface area contributed by atoms with Crippen LogP contribution < -0.4 is 14.8 Å². The second-order valence-corrected chi connectivity index (χ2v) is 7.01. The van der Waals surface area contributed by atoms with Crippen LogP contribution in [0.4, 0.5) is 10.1 Å². The zero-order valence-corrected chi connectivity index (χ0v) is 17.2. The van der Waals surface area contributed by atoms with Crippen molar-refractivity contribution >= 4 is 17.5 Å². The number of para-hydroxylation sites is 1. The Morgan fingerprint density at radius 2 is 1.63 bits per heavy atom. The Bertz CT molecular complexity index is 875. The van der Waals surface area contributed by atoms with E-state index in [4.69, 9.17) is 9.47 Å². The van der Waals surface area contributed by atoms with E-state index in [0.29, 0.717) is 49.8 Å². The normalized spacial score (nSPS) is 14.3. The van der Waals surface area contributed by atoms with Crippen molar-refractivity contribution in [2.75, 3.05) is 52.3 Å². The predicted molar refractivity (Wildman–Crippen MR) is 112 cm³/mol. The number of carbonyl (C=O) groups excluding carboxylic acids is 2. The standard InChI is InChI=1S/C22H26FN3O4/c1-29-17-13-16(14-18(15-17)30-2)22(28)26-11-9-25(10-12-26)8-7-21(27)24-20-6-4-3-5-19(20)23/h3-6,13-15H,7-12H2,1-2H3,(H,24,27). The first-order chi connectivity index (χ1) is 14.5. The van der Waals surface area contributed by atoms with E-state index in [2.05, 4.69) is 10.2 Å². The monoisotopic (exact) mass is 415 g/mol. The van der Waals surface area contributed by atoms with Crippen molar-refractivity contribution in [2.24, 2.45) is 0 Å². The Labute approximate surface area is 175 Å². The number of piperazine rings is 1. The van der Waals surface area contributed by atoms with E-state index in [-0.39, 0.29) is 23.9 Å². The molecule has 2 aromatic carbocycles. The Kier molecular flexibility index (Phi) is 7.24. The molecule has 0 atom stereocenters. The van der Waals surface area contributed by atoms with Crippen LogP contribution in [0.5, 0.6) is 11.5 Å². The van der Waals surface area contributed by atoms with E-state index >= 15 is 0 Å². The smallest absolute Gasteiger partial charge is 0.254 e. The van der Waals surface area contributed by atoms with Crippen molar-refractivity contribution in [1.82, 2.24) is 9.80 Å². The number of nitrogens with zero attached hydrogens (tertiary/aromatic N) is 2. The fraction of sp³-hybridized carbons (Fsp3) is 0.364. The highest BCUT2D eigenvalue weighted by molar-refractivity contribution is 5.95. The lowest BCUT2D eigenvalue weighted by Crippen LogP contribution is -2.49. The van der Waals surface area contributed by atoms with E-state index in [1.807, 2.05) is 0 Å². The van der Waals surface area contributed by atoms with Gasteiger partial charge in [0, 0.05) is 50.8 Å². The van der Waals surface area contributed by atoms with Gasteiger partial charge in [0.1, 0.15) is 17.3 Å². The molecule has 1 aliphatic rings. The number of halogens is 1. The van der Waals surface area contributed by atoms with Crippen molar-refractivity contribution in [1.29, 1.82) is 0 Å². The molecule has 160 valence electrons. The number of nitrogens with one attached hydrogen (secondary N) is 1. The summed E-state index contributed by atoms with van der Waals surface area (Å²) < 4.78 is 24.1. The van der Waals surface area contributed by atoms with Gasteiger partial charge in [-0.1, -0.05) is 12.1 Å². The highest BCUT2D eigenvalue weighted by Gasteiger charge is 2.23. The number of carbonyl (C=O) groups is 2. The summed E-state index contributed by atoms with van der Waals surface area (Å²) in [7, 11) is 3.09. The molecule has 1 heterocycles. The number of hydrogen-bond acceptors (Lipinski definition) is 5. The van der Waals surface area contributed by atoms with Gasteiger partial charge in [-0.15, -0.1) is 0 Å². The van der Waals surface area contributed by atoms with Crippen LogP contribution in [-0.4, -0.2) is 68.6 Å². The summed E-state index contributed by atoms with van der Waals surface area (Å²) >= 11 is 0. The number of rotatable bonds is 7. The van der Waals surface area contributed by atoms with Gasteiger partial charge in [-0.05, 0) is 24.3 Å². The third-order valence-corrected chi connectivity index (χ3v) is 5.06. The van der Waals surface area contributed by atoms with Crippen LogP contribution in [0, 0.1) is 5.82 Å². The lowest BCUT2D eigenvalue weighted by atomic mass is 10.1. The Hall–Kier alpha value is -3.13. The van der Waals surface area contributed by atoms with E-state index in [0.717, 1.165) is 0 Å². The Morgan fingerprint density at radius 1 is 1.00 bits per heavy atom. The Morgan fingerprint density at radius 3 is 2.23 bits per heavy atom. The fourth-order valence-electron chi connectivity index (χ4n) is 3.32. The van der Waals surface area contributed by atoms with Crippen molar-refractivity contribution in [3.8, 4) is 11.5 Å². The van der Waals surface area contributed by atoms with Crippen LogP contribution in [0.3, 0.4) is 0 Å². The molecule has 2 aromatic rings. The quantitative estimate of drug-likeness (QED) is 0.753. The second-order valence-electron chi connectivity index (χ2n) is 7.01. The first kappa shape index (κ1) is 21.6. The van der Waals surface area contributed by atoms with Gasteiger partial charge in [-0.25, -0.2) is 4.39 Å². The molecule has 1 aliphatic heterocycles. The third kappa shape index (κ3) is 5.48. The molecule has 7 nitrogen and oxygen atoms in total. The van der Waals surface area contributed by atoms with E-state index in [1.54, 1.807) is 49.5 Å². The average molecular weight is 415 g/mol. The number of methoxy groups -OCH3 is 2. The van der Waals surface area contributed by atoms with Crippen LogP contribution in [0.15, 0.2) is 42.5 Å². The van der Waals surface area contributed by atoms with Gasteiger partial charge in [-0.3, -0.25) is 14.5 Å². The van der Waals surface area contributed by atoms with Crippen molar-refractivity contribution < 1.29 is 23.5 Å². The topological polar surface area (TPSA) is 71.1 Å². The minimum Gasteiger partial charge on any atom is -0.497 e. The van der Waals surface area contributed by atoms with E-state index < -0.39 is 5.82 Å². The van der Waals surface area contributed by atoms with Crippen molar-refractivity contribution in [2.45, 2.75) is 6.42 Å². The van der Waals surface area contributed by atoms with Crippen LogP contribution in [0.1, 0.15) is 16.8 Å². The maximum absolute atomic E-state index is 13.6. The number of benzene rings is 2. The molecule has 30 heavy (non-hydrogen) atoms. The summed E-state index contributed by atoms with van der Waals surface area (Å²) in [4.78, 5) is 28.8. The van der Waals surface area contributed by atoms with Crippen molar-refractivity contribution in [3.63, 3.8) is 0 Å². The lowest BCUT2D eigenvalue weighted by molar-refractivity contribution is -0.116. The summed E-state index contributed by atoms with van der Waals surface area (Å²) in [6.07, 6.45) is 0.259. The predicted octanol–water partition coefficient (Wildman–Crippen LogP) is 2.63. The summed E-state index contributed by atoms with van der Waals surface area (Å²) in [6, 6.07) is 11.2. The highest BCUT2D eigenvalue weighted by Crippen LogP contribution is 2.24. The fourth-order valence-corrected chi connectivity index (χ4v) is 3.32. The van der Waals surface area contributed by atoms with Gasteiger partial charge in [-0.2, -0.15) is 0 Å². The van der Waals surface area contributed by atoms with Crippen molar-refractivity contribution in [3.05, 3.63) is 53.8 Å². The first-order valence-electron chi connectivity index (χ1n) is 9.79. The molecule has 0 unspecified atom stereocenters. The lowest BCUT2D eigenvalue weighted by Gasteiger charge is -2.34. The number of ether oxygens (including phenoxy) is 2. The molecule has 3 rings (SSSR count). The minimum absolute atomic E-state index is 0.0795. The van der Waals surface area contributed by atoms with Crippen LogP contribution in [0.2, 0.25) is 0 Å². The van der Waals surface area contributed by atoms with Crippen LogP contribution >= 0.6 is 0 Å². The maximum Gasteiger partial charge on any atom is 0.254 e. The van der Waals surface area contributed by atoms with Crippen LogP contribution in [-0.2, 0) is 4.79 Å². The van der Waals surface area contributed by atoms with Gasteiger partial charge in [0.25, 0.3) is 5.91 Å². The molecule has 0 bridgehead atoms. The van der Waals surface area contributed by atoms with Gasteiger partial charge in [0.05, 0.1) is 19.9 Å². The van der Waals surface area contributed by atoms with Gasteiger partial charge in [0.2, 0.25) is 5.91 Å². The Balaban J connectivity index is 1.48. The molecule has 0 saturated carbocycles. The number of hydrogen-bond donors (Lipinski definition) is 1. The maximum atomic E-state index is 13.6.